The van der Waals surface area contributed by atoms with Crippen LogP contribution in [-0.2, 0) is 19.6 Å². The summed E-state index contributed by atoms with van der Waals surface area (Å²) in [6.45, 7) is 3.32. The van der Waals surface area contributed by atoms with E-state index in [0.717, 1.165) is 6.54 Å². The van der Waals surface area contributed by atoms with Crippen LogP contribution in [0.2, 0.25) is 0 Å². The summed E-state index contributed by atoms with van der Waals surface area (Å²) >= 11 is 0. The Morgan fingerprint density at radius 1 is 1.26 bits per heavy atom. The third-order valence-corrected chi connectivity index (χ3v) is 6.06. The van der Waals surface area contributed by atoms with Crippen molar-refractivity contribution in [3.63, 3.8) is 0 Å². The highest BCUT2D eigenvalue weighted by atomic mass is 35.5. The predicted octanol–water partition coefficient (Wildman–Crippen LogP) is 0.678. The average Bonchev–Trinajstić information content (AvgIpc) is 2.65. The van der Waals surface area contributed by atoms with E-state index in [1.165, 1.54) is 16.6 Å². The number of ether oxygens (including phenoxy) is 1. The third kappa shape index (κ3) is 7.89. The van der Waals surface area contributed by atoms with Gasteiger partial charge in [-0.1, -0.05) is 0 Å². The van der Waals surface area contributed by atoms with E-state index >= 15 is 0 Å². The lowest BCUT2D eigenvalue weighted by atomic mass is 9.97. The van der Waals surface area contributed by atoms with Crippen molar-refractivity contribution in [2.45, 2.75) is 17.7 Å². The SMILES string of the molecule is COCCNCCNC(=O)C1CCN(S(=O)(=O)c2cccnc2)CC1.Cl.Cl. The molecule has 1 saturated heterocycles. The van der Waals surface area contributed by atoms with Gasteiger partial charge in [0.05, 0.1) is 6.61 Å². The fourth-order valence-electron chi connectivity index (χ4n) is 2.72. The number of aromatic nitrogens is 1. The zero-order valence-electron chi connectivity index (χ0n) is 15.3. The van der Waals surface area contributed by atoms with E-state index in [0.29, 0.717) is 45.6 Å². The molecule has 1 aliphatic heterocycles. The van der Waals surface area contributed by atoms with Crippen molar-refractivity contribution in [1.82, 2.24) is 19.9 Å². The van der Waals surface area contributed by atoms with Crippen LogP contribution in [-0.4, -0.2) is 70.1 Å². The lowest BCUT2D eigenvalue weighted by molar-refractivity contribution is -0.126. The van der Waals surface area contributed by atoms with Crippen LogP contribution in [0.15, 0.2) is 29.4 Å². The number of hydrogen-bond donors (Lipinski definition) is 2. The highest BCUT2D eigenvalue weighted by Gasteiger charge is 2.31. The number of amides is 1. The number of piperidine rings is 1. The molecule has 1 amide bonds. The number of halogens is 2. The Kier molecular flexibility index (Phi) is 12.8. The molecule has 0 bridgehead atoms. The molecule has 1 aliphatic rings. The number of sulfonamides is 1. The number of carbonyl (C=O) groups excluding carboxylic acids is 1. The first-order valence-corrected chi connectivity index (χ1v) is 9.87. The van der Waals surface area contributed by atoms with Crippen molar-refractivity contribution >= 4 is 40.7 Å². The van der Waals surface area contributed by atoms with E-state index in [1.807, 2.05) is 0 Å². The molecule has 0 atom stereocenters. The Bertz CT molecular complexity index is 641. The summed E-state index contributed by atoms with van der Waals surface area (Å²) in [6.07, 6.45) is 3.95. The van der Waals surface area contributed by atoms with Crippen LogP contribution in [0.5, 0.6) is 0 Å². The molecule has 0 aliphatic carbocycles. The summed E-state index contributed by atoms with van der Waals surface area (Å²) in [5.41, 5.74) is 0. The van der Waals surface area contributed by atoms with Gasteiger partial charge in [-0.15, -0.1) is 24.8 Å². The molecule has 1 aromatic heterocycles. The van der Waals surface area contributed by atoms with Gasteiger partial charge in [-0.3, -0.25) is 9.78 Å². The molecule has 2 heterocycles. The molecule has 11 heteroatoms. The molecule has 0 radical (unpaired) electrons. The van der Waals surface area contributed by atoms with Crippen LogP contribution in [0, 0.1) is 5.92 Å². The maximum absolute atomic E-state index is 12.5. The first-order valence-electron chi connectivity index (χ1n) is 8.43. The maximum atomic E-state index is 12.5. The largest absolute Gasteiger partial charge is 0.383 e. The van der Waals surface area contributed by atoms with Crippen LogP contribution >= 0.6 is 24.8 Å². The molecule has 1 aromatic rings. The van der Waals surface area contributed by atoms with Crippen LogP contribution in [0.1, 0.15) is 12.8 Å². The summed E-state index contributed by atoms with van der Waals surface area (Å²) in [5, 5.41) is 6.05. The summed E-state index contributed by atoms with van der Waals surface area (Å²) < 4.78 is 31.4. The highest BCUT2D eigenvalue weighted by Crippen LogP contribution is 2.23. The molecule has 0 aromatic carbocycles. The van der Waals surface area contributed by atoms with Crippen molar-refractivity contribution in [1.29, 1.82) is 0 Å². The molecular formula is C16H28Cl2N4O4S. The summed E-state index contributed by atoms with van der Waals surface area (Å²) in [7, 11) is -1.88. The molecule has 1 fully saturated rings. The second kappa shape index (κ2) is 13.2. The molecular weight excluding hydrogens is 415 g/mol. The van der Waals surface area contributed by atoms with E-state index in [2.05, 4.69) is 15.6 Å². The highest BCUT2D eigenvalue weighted by molar-refractivity contribution is 7.89. The van der Waals surface area contributed by atoms with Gasteiger partial charge in [0.2, 0.25) is 15.9 Å². The van der Waals surface area contributed by atoms with Crippen LogP contribution < -0.4 is 10.6 Å². The lowest BCUT2D eigenvalue weighted by Crippen LogP contribution is -2.44. The maximum Gasteiger partial charge on any atom is 0.244 e. The quantitative estimate of drug-likeness (QED) is 0.545. The zero-order chi connectivity index (χ0) is 18.1. The third-order valence-electron chi connectivity index (χ3n) is 4.18. The summed E-state index contributed by atoms with van der Waals surface area (Å²) in [5.74, 6) is -0.147. The topological polar surface area (TPSA) is 101 Å². The Balaban J connectivity index is 0.00000338. The molecule has 156 valence electrons. The van der Waals surface area contributed by atoms with Crippen molar-refractivity contribution in [2.75, 3.05) is 46.4 Å². The van der Waals surface area contributed by atoms with E-state index in [1.54, 1.807) is 19.4 Å². The van der Waals surface area contributed by atoms with Crippen LogP contribution in [0.25, 0.3) is 0 Å². The fourth-order valence-corrected chi connectivity index (χ4v) is 4.16. The first-order chi connectivity index (χ1) is 12.1. The Hall–Kier alpha value is -0.970. The van der Waals surface area contributed by atoms with E-state index in [9.17, 15) is 13.2 Å². The number of carbonyl (C=O) groups is 1. The normalized spacial score (nSPS) is 15.4. The number of nitrogens with one attached hydrogen (secondary N) is 2. The molecule has 8 nitrogen and oxygen atoms in total. The molecule has 0 saturated carbocycles. The number of methoxy groups -OCH3 is 1. The molecule has 27 heavy (non-hydrogen) atoms. The van der Waals surface area contributed by atoms with E-state index < -0.39 is 10.0 Å². The van der Waals surface area contributed by atoms with Crippen molar-refractivity contribution < 1.29 is 17.9 Å². The van der Waals surface area contributed by atoms with Crippen LogP contribution in [0.4, 0.5) is 0 Å². The minimum Gasteiger partial charge on any atom is -0.383 e. The standard InChI is InChI=1S/C16H26N4O4S.2ClH/c1-24-12-9-17-7-8-19-16(21)14-4-10-20(11-5-14)25(22,23)15-3-2-6-18-13-15;;/h2-3,6,13-14,17H,4-5,7-12H2,1H3,(H,19,21);2*1H. The van der Waals surface area contributed by atoms with Crippen molar-refractivity contribution in [3.8, 4) is 0 Å². The minimum atomic E-state index is -3.52. The van der Waals surface area contributed by atoms with E-state index in [-0.39, 0.29) is 41.5 Å². The summed E-state index contributed by atoms with van der Waals surface area (Å²) in [4.78, 5) is 16.2. The lowest BCUT2D eigenvalue weighted by Gasteiger charge is -2.30. The van der Waals surface area contributed by atoms with Gasteiger partial charge in [0, 0.05) is 58.1 Å². The van der Waals surface area contributed by atoms with Gasteiger partial charge >= 0.3 is 0 Å². The molecule has 0 spiro atoms. The van der Waals surface area contributed by atoms with Gasteiger partial charge in [-0.2, -0.15) is 4.31 Å². The number of nitrogens with zero attached hydrogens (tertiary/aromatic N) is 2. The van der Waals surface area contributed by atoms with Gasteiger partial charge < -0.3 is 15.4 Å². The summed E-state index contributed by atoms with van der Waals surface area (Å²) in [6, 6.07) is 3.14. The number of rotatable bonds is 9. The van der Waals surface area contributed by atoms with Gasteiger partial charge in [0.25, 0.3) is 0 Å². The van der Waals surface area contributed by atoms with Crippen molar-refractivity contribution in [2.24, 2.45) is 5.92 Å². The molecule has 2 rings (SSSR count). The number of hydrogen-bond acceptors (Lipinski definition) is 6. The smallest absolute Gasteiger partial charge is 0.244 e. The fraction of sp³-hybridized carbons (Fsp3) is 0.625. The number of pyridine rings is 1. The Labute approximate surface area is 173 Å². The average molecular weight is 443 g/mol. The van der Waals surface area contributed by atoms with E-state index in [4.69, 9.17) is 4.74 Å². The Morgan fingerprint density at radius 2 is 1.96 bits per heavy atom. The monoisotopic (exact) mass is 442 g/mol. The van der Waals surface area contributed by atoms with Crippen molar-refractivity contribution in [3.05, 3.63) is 24.5 Å². The molecule has 0 unspecified atom stereocenters. The Morgan fingerprint density at radius 3 is 2.56 bits per heavy atom. The zero-order valence-corrected chi connectivity index (χ0v) is 17.7. The van der Waals surface area contributed by atoms with Gasteiger partial charge in [-0.25, -0.2) is 8.42 Å². The van der Waals surface area contributed by atoms with Gasteiger partial charge in [0.1, 0.15) is 4.90 Å². The van der Waals surface area contributed by atoms with Gasteiger partial charge in [0.15, 0.2) is 0 Å². The second-order valence-electron chi connectivity index (χ2n) is 5.90. The predicted molar refractivity (Wildman–Crippen MR) is 108 cm³/mol. The second-order valence-corrected chi connectivity index (χ2v) is 7.84. The minimum absolute atomic E-state index is 0. The van der Waals surface area contributed by atoms with Crippen LogP contribution in [0.3, 0.4) is 0 Å². The first kappa shape index (κ1) is 26.0. The molecule has 2 N–H and O–H groups in total. The van der Waals surface area contributed by atoms with Gasteiger partial charge in [-0.05, 0) is 25.0 Å².